The number of alkyl halides is 1. The third-order valence-corrected chi connectivity index (χ3v) is 2.50. The molecule has 2 unspecified atom stereocenters. The van der Waals surface area contributed by atoms with Crippen LogP contribution in [0.4, 0.5) is 4.39 Å². The molecule has 0 amide bonds. The van der Waals surface area contributed by atoms with Crippen LogP contribution in [0.3, 0.4) is 0 Å². The van der Waals surface area contributed by atoms with Gasteiger partial charge in [0.1, 0.15) is 6.10 Å². The zero-order valence-corrected chi connectivity index (χ0v) is 9.62. The van der Waals surface area contributed by atoms with Crippen molar-refractivity contribution in [1.29, 1.82) is 0 Å². The van der Waals surface area contributed by atoms with Gasteiger partial charge in [0.05, 0.1) is 13.2 Å². The van der Waals surface area contributed by atoms with Crippen LogP contribution in [0.2, 0.25) is 0 Å². The average Bonchev–Trinajstić information content (AvgIpc) is 2.29. The quantitative estimate of drug-likeness (QED) is 0.782. The summed E-state index contributed by atoms with van der Waals surface area (Å²) < 4.78 is 17.9. The van der Waals surface area contributed by atoms with Crippen LogP contribution in [0, 0.1) is 5.82 Å². The minimum Gasteiger partial charge on any atom is -0.494 e. The van der Waals surface area contributed by atoms with Gasteiger partial charge in [0.2, 0.25) is 0 Å². The summed E-state index contributed by atoms with van der Waals surface area (Å²) in [4.78, 5) is 0. The smallest absolute Gasteiger partial charge is 0.165 e. The molecule has 0 aliphatic heterocycles. The lowest BCUT2D eigenvalue weighted by molar-refractivity contribution is 0.0168. The number of hydrogen-bond acceptors (Lipinski definition) is 3. The van der Waals surface area contributed by atoms with Crippen LogP contribution in [0.15, 0.2) is 18.2 Å². The van der Waals surface area contributed by atoms with Crippen LogP contribution < -0.4 is 4.74 Å². The predicted octanol–water partition coefficient (Wildman–Crippen LogP) is 1.86. The van der Waals surface area contributed by atoms with Crippen molar-refractivity contribution in [2.45, 2.75) is 18.6 Å². The minimum absolute atomic E-state index is 0.0367. The van der Waals surface area contributed by atoms with Crippen molar-refractivity contribution >= 4 is 11.6 Å². The highest BCUT2D eigenvalue weighted by atomic mass is 35.5. The second-order valence-electron chi connectivity index (χ2n) is 3.38. The number of ether oxygens (including phenoxy) is 1. The first kappa shape index (κ1) is 13.2. The lowest BCUT2D eigenvalue weighted by Crippen LogP contribution is -2.18. The first-order valence-corrected chi connectivity index (χ1v) is 5.39. The molecule has 5 heteroatoms. The number of halogens is 2. The van der Waals surface area contributed by atoms with Gasteiger partial charge in [-0.1, -0.05) is 6.07 Å². The zero-order chi connectivity index (χ0) is 12.1. The molecule has 0 aromatic heterocycles. The molecule has 2 N–H and O–H groups in total. The van der Waals surface area contributed by atoms with Crippen LogP contribution >= 0.6 is 11.6 Å². The molecule has 0 fully saturated rings. The summed E-state index contributed by atoms with van der Waals surface area (Å²) in [6, 6.07) is 3.95. The summed E-state index contributed by atoms with van der Waals surface area (Å²) in [5.74, 6) is -0.226. The Hall–Kier alpha value is -0.840. The molecular weight excluding hydrogens is 235 g/mol. The monoisotopic (exact) mass is 248 g/mol. The maximum absolute atomic E-state index is 13.1. The Balaban J connectivity index is 2.87. The third kappa shape index (κ3) is 3.07. The van der Waals surface area contributed by atoms with Gasteiger partial charge in [-0.15, -0.1) is 11.6 Å². The summed E-state index contributed by atoms with van der Waals surface area (Å²) in [7, 11) is 1.34. The second kappa shape index (κ2) is 6.03. The van der Waals surface area contributed by atoms with E-state index in [0.717, 1.165) is 0 Å². The van der Waals surface area contributed by atoms with Crippen LogP contribution in [0.25, 0.3) is 0 Å². The number of rotatable bonds is 5. The molecule has 3 nitrogen and oxygen atoms in total. The molecule has 2 atom stereocenters. The fourth-order valence-corrected chi connectivity index (χ4v) is 1.58. The highest BCUT2D eigenvalue weighted by molar-refractivity contribution is 6.17. The van der Waals surface area contributed by atoms with Crippen molar-refractivity contribution < 1.29 is 19.3 Å². The van der Waals surface area contributed by atoms with Crippen molar-refractivity contribution in [3.05, 3.63) is 29.6 Å². The zero-order valence-electron chi connectivity index (χ0n) is 8.86. The SMILES string of the molecule is COc1cc(C(O)C(O)CCCl)ccc1F. The van der Waals surface area contributed by atoms with E-state index in [4.69, 9.17) is 16.3 Å². The van der Waals surface area contributed by atoms with Gasteiger partial charge in [0.25, 0.3) is 0 Å². The fraction of sp³-hybridized carbons (Fsp3) is 0.455. The van der Waals surface area contributed by atoms with Crippen molar-refractivity contribution in [1.82, 2.24) is 0 Å². The Labute approximate surface area is 98.4 Å². The largest absolute Gasteiger partial charge is 0.494 e. The molecule has 1 rings (SSSR count). The van der Waals surface area contributed by atoms with Gasteiger partial charge in [-0.25, -0.2) is 4.39 Å². The van der Waals surface area contributed by atoms with E-state index >= 15 is 0 Å². The molecule has 0 aliphatic carbocycles. The van der Waals surface area contributed by atoms with E-state index in [0.29, 0.717) is 5.56 Å². The maximum Gasteiger partial charge on any atom is 0.165 e. The van der Waals surface area contributed by atoms with E-state index in [9.17, 15) is 14.6 Å². The van der Waals surface area contributed by atoms with Gasteiger partial charge in [-0.05, 0) is 24.1 Å². The van der Waals surface area contributed by atoms with Crippen molar-refractivity contribution in [3.8, 4) is 5.75 Å². The molecule has 0 saturated heterocycles. The Bertz CT molecular complexity index is 346. The summed E-state index contributed by atoms with van der Waals surface area (Å²) in [6.45, 7) is 0. The molecule has 0 aliphatic rings. The van der Waals surface area contributed by atoms with Gasteiger partial charge in [-0.3, -0.25) is 0 Å². The molecule has 90 valence electrons. The van der Waals surface area contributed by atoms with Gasteiger partial charge in [0.15, 0.2) is 11.6 Å². The molecular formula is C11H14ClFO3. The summed E-state index contributed by atoms with van der Waals surface area (Å²) in [5.41, 5.74) is 0.399. The van der Waals surface area contributed by atoms with Gasteiger partial charge >= 0.3 is 0 Å². The first-order valence-electron chi connectivity index (χ1n) is 4.85. The van der Waals surface area contributed by atoms with E-state index in [1.165, 1.54) is 25.3 Å². The topological polar surface area (TPSA) is 49.7 Å². The number of aliphatic hydroxyl groups excluding tert-OH is 2. The predicted molar refractivity (Wildman–Crippen MR) is 59.3 cm³/mol. The normalized spacial score (nSPS) is 14.6. The van der Waals surface area contributed by atoms with Gasteiger partial charge < -0.3 is 14.9 Å². The van der Waals surface area contributed by atoms with Crippen LogP contribution in [0.5, 0.6) is 5.75 Å². The minimum atomic E-state index is -1.09. The summed E-state index contributed by atoms with van der Waals surface area (Å²) in [5, 5.41) is 19.3. The van der Waals surface area contributed by atoms with E-state index in [1.54, 1.807) is 0 Å². The molecule has 1 aromatic rings. The van der Waals surface area contributed by atoms with Crippen LogP contribution in [-0.2, 0) is 0 Å². The number of aliphatic hydroxyl groups is 2. The molecule has 0 heterocycles. The highest BCUT2D eigenvalue weighted by Gasteiger charge is 2.19. The number of methoxy groups -OCH3 is 1. The highest BCUT2D eigenvalue weighted by Crippen LogP contribution is 2.25. The Kier molecular flexibility index (Phi) is 4.99. The molecule has 16 heavy (non-hydrogen) atoms. The molecule has 0 spiro atoms. The summed E-state index contributed by atoms with van der Waals surface area (Å²) in [6.07, 6.45) is -1.79. The Morgan fingerprint density at radius 1 is 1.44 bits per heavy atom. The Morgan fingerprint density at radius 3 is 2.69 bits per heavy atom. The lowest BCUT2D eigenvalue weighted by atomic mass is 10.0. The van der Waals surface area contributed by atoms with Crippen molar-refractivity contribution in [3.63, 3.8) is 0 Å². The van der Waals surface area contributed by atoms with E-state index < -0.39 is 18.0 Å². The number of hydrogen-bond donors (Lipinski definition) is 2. The van der Waals surface area contributed by atoms with E-state index in [1.807, 2.05) is 0 Å². The van der Waals surface area contributed by atoms with Crippen LogP contribution in [0.1, 0.15) is 18.1 Å². The lowest BCUT2D eigenvalue weighted by Gasteiger charge is -2.17. The number of benzene rings is 1. The molecule has 0 bridgehead atoms. The van der Waals surface area contributed by atoms with Gasteiger partial charge in [0, 0.05) is 5.88 Å². The molecule has 0 radical (unpaired) electrons. The van der Waals surface area contributed by atoms with E-state index in [-0.39, 0.29) is 18.1 Å². The molecule has 0 saturated carbocycles. The second-order valence-corrected chi connectivity index (χ2v) is 3.76. The van der Waals surface area contributed by atoms with Crippen LogP contribution in [-0.4, -0.2) is 29.3 Å². The Morgan fingerprint density at radius 2 is 2.12 bits per heavy atom. The average molecular weight is 249 g/mol. The fourth-order valence-electron chi connectivity index (χ4n) is 1.35. The standard InChI is InChI=1S/C11H14ClFO3/c1-16-10-6-7(2-3-8(10)13)11(15)9(14)4-5-12/h2-3,6,9,11,14-15H,4-5H2,1H3. The van der Waals surface area contributed by atoms with Crippen molar-refractivity contribution in [2.24, 2.45) is 0 Å². The molecule has 1 aromatic carbocycles. The third-order valence-electron chi connectivity index (χ3n) is 2.29. The van der Waals surface area contributed by atoms with Gasteiger partial charge in [-0.2, -0.15) is 0 Å². The van der Waals surface area contributed by atoms with Crippen molar-refractivity contribution in [2.75, 3.05) is 13.0 Å². The maximum atomic E-state index is 13.1. The van der Waals surface area contributed by atoms with E-state index in [2.05, 4.69) is 0 Å². The summed E-state index contributed by atoms with van der Waals surface area (Å²) >= 11 is 5.46. The first-order chi connectivity index (χ1) is 7.60.